The normalized spacial score (nSPS) is 20.3. The van der Waals surface area contributed by atoms with E-state index in [1.165, 1.54) is 11.1 Å². The predicted octanol–water partition coefficient (Wildman–Crippen LogP) is 1.95. The Labute approximate surface area is 173 Å². The Morgan fingerprint density at radius 2 is 1.83 bits per heavy atom. The Hall–Kier alpha value is -2.18. The fourth-order valence-corrected chi connectivity index (χ4v) is 4.80. The molecule has 156 valence electrons. The van der Waals surface area contributed by atoms with Gasteiger partial charge in [-0.05, 0) is 37.1 Å². The van der Waals surface area contributed by atoms with Crippen LogP contribution in [0.5, 0.6) is 0 Å². The van der Waals surface area contributed by atoms with Gasteiger partial charge in [0, 0.05) is 64.0 Å². The summed E-state index contributed by atoms with van der Waals surface area (Å²) >= 11 is 0. The molecular formula is C23H33N5O. The molecule has 4 rings (SSSR count). The Kier molecular flexibility index (Phi) is 6.01. The van der Waals surface area contributed by atoms with Crippen LogP contribution in [0.2, 0.25) is 0 Å². The van der Waals surface area contributed by atoms with Crippen molar-refractivity contribution in [1.29, 1.82) is 0 Å². The molecule has 2 heterocycles. The first-order chi connectivity index (χ1) is 14.1. The number of likely N-dealkylation sites (N-methyl/N-ethyl adjacent to an activating group) is 1. The zero-order valence-electron chi connectivity index (χ0n) is 17.7. The van der Waals surface area contributed by atoms with Gasteiger partial charge in [0.1, 0.15) is 5.54 Å². The van der Waals surface area contributed by atoms with Gasteiger partial charge >= 0.3 is 0 Å². The Morgan fingerprint density at radius 3 is 2.41 bits per heavy atom. The Bertz CT molecular complexity index is 785. The molecular weight excluding hydrogens is 362 g/mol. The maximum Gasteiger partial charge on any atom is 0.241 e. The van der Waals surface area contributed by atoms with Crippen LogP contribution in [0.3, 0.4) is 0 Å². The van der Waals surface area contributed by atoms with Crippen LogP contribution >= 0.6 is 0 Å². The van der Waals surface area contributed by atoms with Crippen molar-refractivity contribution < 1.29 is 4.79 Å². The highest BCUT2D eigenvalue weighted by Crippen LogP contribution is 2.36. The molecule has 2 aliphatic rings. The summed E-state index contributed by atoms with van der Waals surface area (Å²) in [5.41, 5.74) is 2.19. The standard InChI is InChI=1S/C23H33N5O/c1-3-26-13-15-27(16-14-26)23(17-20-7-4-5-8-21(20)18-23)22(29)25-19(2)9-12-28-11-6-10-24-28/h4-8,10-11,19H,3,9,12-18H2,1-2H3,(H,25,29). The number of nitrogens with zero attached hydrogens (tertiary/aromatic N) is 4. The zero-order chi connectivity index (χ0) is 20.3. The van der Waals surface area contributed by atoms with Crippen LogP contribution in [0.25, 0.3) is 0 Å². The van der Waals surface area contributed by atoms with Crippen LogP contribution < -0.4 is 5.32 Å². The Balaban J connectivity index is 1.47. The summed E-state index contributed by atoms with van der Waals surface area (Å²) < 4.78 is 1.92. The summed E-state index contributed by atoms with van der Waals surface area (Å²) in [7, 11) is 0. The van der Waals surface area contributed by atoms with E-state index in [0.717, 1.165) is 58.5 Å². The average molecular weight is 396 g/mol. The molecule has 0 saturated carbocycles. The van der Waals surface area contributed by atoms with Crippen molar-refractivity contribution in [2.75, 3.05) is 32.7 Å². The van der Waals surface area contributed by atoms with Crippen molar-refractivity contribution in [2.24, 2.45) is 0 Å². The molecule has 0 bridgehead atoms. The van der Waals surface area contributed by atoms with E-state index >= 15 is 0 Å². The van der Waals surface area contributed by atoms with Gasteiger partial charge in [0.25, 0.3) is 0 Å². The maximum atomic E-state index is 13.7. The number of carbonyl (C=O) groups excluding carboxylic acids is 1. The number of benzene rings is 1. The van der Waals surface area contributed by atoms with Crippen molar-refractivity contribution >= 4 is 5.91 Å². The monoisotopic (exact) mass is 395 g/mol. The summed E-state index contributed by atoms with van der Waals surface area (Å²) in [6.07, 6.45) is 6.26. The number of aryl methyl sites for hydroxylation is 1. The van der Waals surface area contributed by atoms with Gasteiger partial charge < -0.3 is 10.2 Å². The number of aromatic nitrogens is 2. The third-order valence-corrected chi connectivity index (χ3v) is 6.66. The second-order valence-corrected chi connectivity index (χ2v) is 8.51. The molecule has 2 aromatic rings. The van der Waals surface area contributed by atoms with E-state index in [1.54, 1.807) is 6.20 Å². The molecule has 1 amide bonds. The van der Waals surface area contributed by atoms with Crippen molar-refractivity contribution in [3.8, 4) is 0 Å². The lowest BCUT2D eigenvalue weighted by molar-refractivity contribution is -0.135. The van der Waals surface area contributed by atoms with Gasteiger partial charge in [-0.25, -0.2) is 0 Å². The smallest absolute Gasteiger partial charge is 0.241 e. The van der Waals surface area contributed by atoms with Gasteiger partial charge in [-0.3, -0.25) is 14.4 Å². The lowest BCUT2D eigenvalue weighted by Gasteiger charge is -2.45. The summed E-state index contributed by atoms with van der Waals surface area (Å²) in [4.78, 5) is 18.6. The molecule has 1 N–H and O–H groups in total. The highest BCUT2D eigenvalue weighted by atomic mass is 16.2. The van der Waals surface area contributed by atoms with Gasteiger partial charge in [-0.15, -0.1) is 0 Å². The molecule has 1 aromatic heterocycles. The van der Waals surface area contributed by atoms with E-state index in [0.29, 0.717) is 0 Å². The first-order valence-corrected chi connectivity index (χ1v) is 10.9. The van der Waals surface area contributed by atoms with Gasteiger partial charge in [-0.2, -0.15) is 5.10 Å². The lowest BCUT2D eigenvalue weighted by atomic mass is 9.90. The summed E-state index contributed by atoms with van der Waals surface area (Å²) in [5.74, 6) is 0.187. The van der Waals surface area contributed by atoms with E-state index in [1.807, 2.05) is 16.9 Å². The fourth-order valence-electron chi connectivity index (χ4n) is 4.80. The lowest BCUT2D eigenvalue weighted by Crippen LogP contribution is -2.65. The van der Waals surface area contributed by atoms with Crippen molar-refractivity contribution in [3.05, 3.63) is 53.9 Å². The zero-order valence-corrected chi connectivity index (χ0v) is 17.7. The number of nitrogens with one attached hydrogen (secondary N) is 1. The van der Waals surface area contributed by atoms with Crippen molar-refractivity contribution in [2.45, 2.75) is 51.2 Å². The molecule has 6 heteroatoms. The van der Waals surface area contributed by atoms with E-state index in [4.69, 9.17) is 0 Å². The second-order valence-electron chi connectivity index (χ2n) is 8.51. The third kappa shape index (κ3) is 4.23. The average Bonchev–Trinajstić information content (AvgIpc) is 3.40. The van der Waals surface area contributed by atoms with E-state index in [-0.39, 0.29) is 11.9 Å². The van der Waals surface area contributed by atoms with E-state index in [9.17, 15) is 4.79 Å². The van der Waals surface area contributed by atoms with Crippen LogP contribution in [-0.2, 0) is 24.2 Å². The quantitative estimate of drug-likeness (QED) is 0.779. The van der Waals surface area contributed by atoms with Gasteiger partial charge in [0.05, 0.1) is 0 Å². The van der Waals surface area contributed by atoms with Crippen LogP contribution in [0.4, 0.5) is 0 Å². The van der Waals surface area contributed by atoms with Crippen molar-refractivity contribution in [3.63, 3.8) is 0 Å². The number of piperazine rings is 1. The number of rotatable bonds is 7. The SMILES string of the molecule is CCN1CCN(C2(C(=O)NC(C)CCn3cccn3)Cc3ccccc3C2)CC1. The summed E-state index contributed by atoms with van der Waals surface area (Å²) in [6.45, 7) is 10.2. The first-order valence-electron chi connectivity index (χ1n) is 10.9. The summed E-state index contributed by atoms with van der Waals surface area (Å²) in [6, 6.07) is 10.6. The molecule has 0 radical (unpaired) electrons. The van der Waals surface area contributed by atoms with E-state index in [2.05, 4.69) is 58.3 Å². The highest BCUT2D eigenvalue weighted by Gasteiger charge is 2.49. The Morgan fingerprint density at radius 1 is 1.14 bits per heavy atom. The molecule has 1 aromatic carbocycles. The van der Waals surface area contributed by atoms with Gasteiger partial charge in [-0.1, -0.05) is 31.2 Å². The van der Waals surface area contributed by atoms with Crippen molar-refractivity contribution in [1.82, 2.24) is 24.9 Å². The third-order valence-electron chi connectivity index (χ3n) is 6.66. The largest absolute Gasteiger partial charge is 0.352 e. The number of hydrogen-bond acceptors (Lipinski definition) is 4. The maximum absolute atomic E-state index is 13.7. The van der Waals surface area contributed by atoms with Crippen LogP contribution in [0, 0.1) is 0 Å². The fraction of sp³-hybridized carbons (Fsp3) is 0.565. The van der Waals surface area contributed by atoms with Crippen LogP contribution in [0.1, 0.15) is 31.4 Å². The molecule has 1 aliphatic carbocycles. The molecule has 1 atom stereocenters. The van der Waals surface area contributed by atoms with Gasteiger partial charge in [0.2, 0.25) is 5.91 Å². The molecule has 1 aliphatic heterocycles. The number of hydrogen-bond donors (Lipinski definition) is 1. The molecule has 1 unspecified atom stereocenters. The number of fused-ring (bicyclic) bond motifs is 1. The van der Waals surface area contributed by atoms with Crippen LogP contribution in [-0.4, -0.2) is 69.8 Å². The van der Waals surface area contributed by atoms with Gasteiger partial charge in [0.15, 0.2) is 0 Å². The molecule has 6 nitrogen and oxygen atoms in total. The minimum Gasteiger partial charge on any atom is -0.352 e. The molecule has 1 saturated heterocycles. The molecule has 0 spiro atoms. The summed E-state index contributed by atoms with van der Waals surface area (Å²) in [5, 5.41) is 7.61. The number of carbonyl (C=O) groups is 1. The second kappa shape index (κ2) is 8.67. The molecule has 1 fully saturated rings. The topological polar surface area (TPSA) is 53.4 Å². The highest BCUT2D eigenvalue weighted by molar-refractivity contribution is 5.88. The van der Waals surface area contributed by atoms with E-state index < -0.39 is 5.54 Å². The molecule has 29 heavy (non-hydrogen) atoms. The number of amides is 1. The minimum atomic E-state index is -0.455. The minimum absolute atomic E-state index is 0.115. The first kappa shape index (κ1) is 20.1. The van der Waals surface area contributed by atoms with Crippen LogP contribution in [0.15, 0.2) is 42.7 Å². The predicted molar refractivity (Wildman–Crippen MR) is 115 cm³/mol.